The number of nitrogen functional groups attached to an aromatic ring is 1. The van der Waals surface area contributed by atoms with Gasteiger partial charge in [-0.25, -0.2) is 4.68 Å². The number of amides is 1. The minimum Gasteiger partial charge on any atom is -0.398 e. The van der Waals surface area contributed by atoms with Crippen LogP contribution >= 0.6 is 0 Å². The van der Waals surface area contributed by atoms with Gasteiger partial charge < -0.3 is 16.2 Å². The van der Waals surface area contributed by atoms with E-state index in [1.54, 1.807) is 48.9 Å². The van der Waals surface area contributed by atoms with Crippen molar-refractivity contribution in [2.24, 2.45) is 0 Å². The molecule has 0 saturated carbocycles. The van der Waals surface area contributed by atoms with E-state index in [-0.39, 0.29) is 12.5 Å². The van der Waals surface area contributed by atoms with Gasteiger partial charge in [0.15, 0.2) is 6.29 Å². The first-order valence-corrected chi connectivity index (χ1v) is 10.1. The highest BCUT2D eigenvalue weighted by atomic mass is 16.3. The highest BCUT2D eigenvalue weighted by molar-refractivity contribution is 5.94. The van der Waals surface area contributed by atoms with Gasteiger partial charge in [-0.3, -0.25) is 9.59 Å². The normalized spacial score (nSPS) is 11.1. The maximum Gasteiger partial charge on any atom is 0.251 e. The van der Waals surface area contributed by atoms with Gasteiger partial charge in [-0.15, -0.1) is 0 Å². The van der Waals surface area contributed by atoms with Gasteiger partial charge in [0, 0.05) is 29.8 Å². The van der Waals surface area contributed by atoms with E-state index in [0.717, 1.165) is 16.8 Å². The van der Waals surface area contributed by atoms with E-state index < -0.39 is 5.60 Å². The zero-order valence-corrected chi connectivity index (χ0v) is 18.2. The molecule has 0 fully saturated rings. The summed E-state index contributed by atoms with van der Waals surface area (Å²) >= 11 is 0. The van der Waals surface area contributed by atoms with Crippen molar-refractivity contribution >= 4 is 17.9 Å². The van der Waals surface area contributed by atoms with Crippen molar-refractivity contribution in [1.29, 1.82) is 5.26 Å². The summed E-state index contributed by atoms with van der Waals surface area (Å²) in [6.07, 6.45) is 1.17. The molecule has 1 amide bonds. The Morgan fingerprint density at radius 2 is 1.97 bits per heavy atom. The van der Waals surface area contributed by atoms with E-state index in [4.69, 9.17) is 11.0 Å². The fourth-order valence-corrected chi connectivity index (χ4v) is 3.28. The molecular formula is C24H25N5O3. The molecule has 8 nitrogen and oxygen atoms in total. The number of aliphatic hydroxyl groups is 1. The minimum absolute atomic E-state index is 0.147. The summed E-state index contributed by atoms with van der Waals surface area (Å²) in [5.41, 5.74) is 9.57. The summed E-state index contributed by atoms with van der Waals surface area (Å²) in [4.78, 5) is 23.9. The Kier molecular flexibility index (Phi) is 6.42. The Hall–Kier alpha value is -3.96. The number of nitrogens with one attached hydrogen (secondary N) is 1. The van der Waals surface area contributed by atoms with Crippen molar-refractivity contribution in [3.05, 3.63) is 76.1 Å². The molecule has 8 heteroatoms. The van der Waals surface area contributed by atoms with Crippen LogP contribution in [0.2, 0.25) is 0 Å². The fraction of sp³-hybridized carbons (Fsp3) is 0.250. The molecule has 0 saturated heterocycles. The lowest BCUT2D eigenvalue weighted by molar-refractivity contribution is 0.0694. The quantitative estimate of drug-likeness (QED) is 0.389. The molecule has 0 atom stereocenters. The number of hydrogen-bond donors (Lipinski definition) is 3. The number of carbonyl (C=O) groups is 2. The second kappa shape index (κ2) is 9.04. The van der Waals surface area contributed by atoms with E-state index in [9.17, 15) is 14.7 Å². The van der Waals surface area contributed by atoms with Gasteiger partial charge in [0.1, 0.15) is 11.8 Å². The molecule has 0 radical (unpaired) electrons. The zero-order valence-electron chi connectivity index (χ0n) is 18.2. The predicted molar refractivity (Wildman–Crippen MR) is 121 cm³/mol. The first kappa shape index (κ1) is 22.7. The van der Waals surface area contributed by atoms with Gasteiger partial charge in [0.2, 0.25) is 0 Å². The number of rotatable bonds is 7. The third kappa shape index (κ3) is 5.02. The molecule has 3 aromatic rings. The molecule has 4 N–H and O–H groups in total. The smallest absolute Gasteiger partial charge is 0.251 e. The van der Waals surface area contributed by atoms with E-state index in [0.29, 0.717) is 40.9 Å². The number of carbonyl (C=O) groups excluding carboxylic acids is 2. The number of nitriles is 1. The third-order valence-electron chi connectivity index (χ3n) is 5.06. The van der Waals surface area contributed by atoms with Gasteiger partial charge in [0.25, 0.3) is 5.91 Å². The summed E-state index contributed by atoms with van der Waals surface area (Å²) in [6.45, 7) is 5.25. The summed E-state index contributed by atoms with van der Waals surface area (Å²) < 4.78 is 1.63. The van der Waals surface area contributed by atoms with Crippen LogP contribution in [0.15, 0.2) is 42.5 Å². The molecule has 0 bridgehead atoms. The number of nitrogens with zero attached hydrogens (tertiary/aromatic N) is 3. The number of nitrogens with two attached hydrogens (primary N) is 1. The van der Waals surface area contributed by atoms with Crippen molar-refractivity contribution in [2.45, 2.75) is 32.8 Å². The Morgan fingerprint density at radius 3 is 2.53 bits per heavy atom. The van der Waals surface area contributed by atoms with E-state index in [1.807, 2.05) is 25.1 Å². The molecule has 3 rings (SSSR count). The van der Waals surface area contributed by atoms with Crippen molar-refractivity contribution in [1.82, 2.24) is 15.1 Å². The van der Waals surface area contributed by atoms with Crippen LogP contribution < -0.4 is 11.1 Å². The van der Waals surface area contributed by atoms with Crippen LogP contribution in [0.1, 0.15) is 57.1 Å². The molecule has 0 aliphatic rings. The van der Waals surface area contributed by atoms with Crippen LogP contribution in [0.5, 0.6) is 0 Å². The molecule has 0 spiro atoms. The van der Waals surface area contributed by atoms with Crippen LogP contribution in [0.4, 0.5) is 5.69 Å². The maximum absolute atomic E-state index is 12.2. The molecule has 2 aromatic carbocycles. The van der Waals surface area contributed by atoms with Crippen LogP contribution in [0.3, 0.4) is 0 Å². The minimum atomic E-state index is -0.988. The largest absolute Gasteiger partial charge is 0.398 e. The molecule has 32 heavy (non-hydrogen) atoms. The molecular weight excluding hydrogens is 406 g/mol. The van der Waals surface area contributed by atoms with E-state index in [1.165, 1.54) is 0 Å². The Labute approximate surface area is 186 Å². The topological polar surface area (TPSA) is 134 Å². The zero-order chi connectivity index (χ0) is 23.5. The standard InChI is InChI=1S/C24H25N5O3/c1-15-20(10-16-4-6-17(7-5-16)23(31)27-14-24(2,3)32)22(13-30)28-29(15)19-9-8-18(12-25)21(26)11-19/h4-9,11,13,32H,10,14,26H2,1-3H3,(H,27,31). The Morgan fingerprint density at radius 1 is 1.28 bits per heavy atom. The summed E-state index contributed by atoms with van der Waals surface area (Å²) in [7, 11) is 0. The number of benzene rings is 2. The average Bonchev–Trinajstić information content (AvgIpc) is 3.07. The van der Waals surface area contributed by atoms with Crippen LogP contribution in [0, 0.1) is 18.3 Å². The maximum atomic E-state index is 12.2. The third-order valence-corrected chi connectivity index (χ3v) is 5.06. The van der Waals surface area contributed by atoms with Crippen molar-refractivity contribution in [3.63, 3.8) is 0 Å². The molecule has 0 aliphatic heterocycles. The number of anilines is 1. The first-order valence-electron chi connectivity index (χ1n) is 10.1. The molecule has 164 valence electrons. The summed E-state index contributed by atoms with van der Waals surface area (Å²) in [5, 5.41) is 25.9. The van der Waals surface area contributed by atoms with Crippen LogP contribution in [0.25, 0.3) is 5.69 Å². The average molecular weight is 431 g/mol. The van der Waals surface area contributed by atoms with Crippen molar-refractivity contribution in [2.75, 3.05) is 12.3 Å². The van der Waals surface area contributed by atoms with E-state index >= 15 is 0 Å². The van der Waals surface area contributed by atoms with Crippen LogP contribution in [-0.2, 0) is 6.42 Å². The highest BCUT2D eigenvalue weighted by Gasteiger charge is 2.18. The summed E-state index contributed by atoms with van der Waals surface area (Å²) in [5.74, 6) is -0.269. The van der Waals surface area contributed by atoms with Gasteiger partial charge >= 0.3 is 0 Å². The van der Waals surface area contributed by atoms with Gasteiger partial charge in [0.05, 0.1) is 22.5 Å². The number of aromatic nitrogens is 2. The Balaban J connectivity index is 1.83. The van der Waals surface area contributed by atoms with Crippen molar-refractivity contribution in [3.8, 4) is 11.8 Å². The molecule has 1 heterocycles. The fourth-order valence-electron chi connectivity index (χ4n) is 3.28. The second-order valence-corrected chi connectivity index (χ2v) is 8.23. The summed E-state index contributed by atoms with van der Waals surface area (Å²) in [6, 6.07) is 14.1. The first-order chi connectivity index (χ1) is 15.1. The SMILES string of the molecule is Cc1c(Cc2ccc(C(=O)NCC(C)(C)O)cc2)c(C=O)nn1-c1ccc(C#N)c(N)c1. The molecule has 1 aromatic heterocycles. The lowest BCUT2D eigenvalue weighted by Gasteiger charge is -2.17. The number of hydrogen-bond acceptors (Lipinski definition) is 6. The van der Waals surface area contributed by atoms with Gasteiger partial charge in [-0.05, 0) is 56.7 Å². The lowest BCUT2D eigenvalue weighted by Crippen LogP contribution is -2.38. The Bertz CT molecular complexity index is 1200. The predicted octanol–water partition coefficient (Wildman–Crippen LogP) is 2.54. The number of aldehydes is 1. The monoisotopic (exact) mass is 431 g/mol. The van der Waals surface area contributed by atoms with Crippen molar-refractivity contribution < 1.29 is 14.7 Å². The van der Waals surface area contributed by atoms with Gasteiger partial charge in [-0.1, -0.05) is 12.1 Å². The molecule has 0 unspecified atom stereocenters. The van der Waals surface area contributed by atoms with E-state index in [2.05, 4.69) is 10.4 Å². The van der Waals surface area contributed by atoms with Gasteiger partial charge in [-0.2, -0.15) is 10.4 Å². The molecule has 0 aliphatic carbocycles. The lowest BCUT2D eigenvalue weighted by atomic mass is 10.0. The van der Waals surface area contributed by atoms with Crippen LogP contribution in [-0.4, -0.2) is 39.2 Å². The second-order valence-electron chi connectivity index (χ2n) is 8.23. The highest BCUT2D eigenvalue weighted by Crippen LogP contribution is 2.23.